The fourth-order valence-corrected chi connectivity index (χ4v) is 5.68. The van der Waals surface area contributed by atoms with Crippen LogP contribution in [0.25, 0.3) is 0 Å². The molecule has 0 bridgehead atoms. The van der Waals surface area contributed by atoms with Gasteiger partial charge in [-0.3, -0.25) is 4.90 Å². The molecule has 0 radical (unpaired) electrons. The second-order valence-corrected chi connectivity index (χ2v) is 12.8. The van der Waals surface area contributed by atoms with E-state index in [9.17, 15) is 4.79 Å². The maximum atomic E-state index is 11.6. The molecule has 0 amide bonds. The molecule has 0 spiro atoms. The summed E-state index contributed by atoms with van der Waals surface area (Å²) in [7, 11) is 5.37. The van der Waals surface area contributed by atoms with E-state index in [0.29, 0.717) is 5.56 Å². The quantitative estimate of drug-likeness (QED) is 0.580. The van der Waals surface area contributed by atoms with Crippen molar-refractivity contribution in [1.82, 2.24) is 10.2 Å². The van der Waals surface area contributed by atoms with E-state index < -0.39 is 0 Å². The van der Waals surface area contributed by atoms with Gasteiger partial charge < -0.3 is 10.1 Å². The number of benzene rings is 1. The van der Waals surface area contributed by atoms with Crippen molar-refractivity contribution in [3.05, 3.63) is 35.4 Å². The summed E-state index contributed by atoms with van der Waals surface area (Å²) >= 11 is 0. The first-order valence-electron chi connectivity index (χ1n) is 9.43. The molecule has 0 unspecified atom stereocenters. The molecule has 1 aliphatic rings. The average Bonchev–Trinajstić information content (AvgIpc) is 2.57. The van der Waals surface area contributed by atoms with Crippen LogP contribution in [0.5, 0.6) is 0 Å². The third kappa shape index (κ3) is 7.33. The van der Waals surface area contributed by atoms with Crippen molar-refractivity contribution in [2.45, 2.75) is 63.1 Å². The van der Waals surface area contributed by atoms with Crippen LogP contribution < -0.4 is 5.32 Å². The zero-order chi connectivity index (χ0) is 20.3. The summed E-state index contributed by atoms with van der Waals surface area (Å²) in [6.45, 7) is 17.7. The predicted octanol–water partition coefficient (Wildman–Crippen LogP) is 4.60. The molecule has 1 fully saturated rings. The SMILES string of the molecule is COC(=O)c1ccc(CN2CC(C)(C)NCC(C)(C)SSC(C)(C)C2)cc1. The lowest BCUT2D eigenvalue weighted by Crippen LogP contribution is -2.54. The summed E-state index contributed by atoms with van der Waals surface area (Å²) in [5, 5.41) is 3.76. The maximum absolute atomic E-state index is 11.6. The molecule has 0 atom stereocenters. The molecule has 1 N–H and O–H groups in total. The number of ether oxygens (including phenoxy) is 1. The summed E-state index contributed by atoms with van der Waals surface area (Å²) in [5.74, 6) is -0.289. The number of rotatable bonds is 3. The smallest absolute Gasteiger partial charge is 0.337 e. The van der Waals surface area contributed by atoms with E-state index in [2.05, 4.69) is 51.8 Å². The van der Waals surface area contributed by atoms with Crippen LogP contribution in [0.3, 0.4) is 0 Å². The lowest BCUT2D eigenvalue weighted by atomic mass is 10.0. The topological polar surface area (TPSA) is 41.6 Å². The van der Waals surface area contributed by atoms with Gasteiger partial charge in [-0.2, -0.15) is 0 Å². The Morgan fingerprint density at radius 3 is 2.22 bits per heavy atom. The molecule has 152 valence electrons. The minimum atomic E-state index is -0.289. The lowest BCUT2D eigenvalue weighted by Gasteiger charge is -2.42. The molecule has 4 nitrogen and oxygen atoms in total. The summed E-state index contributed by atoms with van der Waals surface area (Å²) in [6, 6.07) is 7.77. The van der Waals surface area contributed by atoms with Crippen molar-refractivity contribution in [2.75, 3.05) is 26.7 Å². The molecule has 0 saturated carbocycles. The van der Waals surface area contributed by atoms with E-state index in [1.807, 2.05) is 45.9 Å². The minimum absolute atomic E-state index is 0.0296. The third-order valence-corrected chi connectivity index (χ3v) is 8.71. The van der Waals surface area contributed by atoms with Crippen molar-refractivity contribution in [3.8, 4) is 0 Å². The summed E-state index contributed by atoms with van der Waals surface area (Å²) in [4.78, 5) is 14.2. The summed E-state index contributed by atoms with van der Waals surface area (Å²) in [6.07, 6.45) is 0. The van der Waals surface area contributed by atoms with Gasteiger partial charge in [0.1, 0.15) is 0 Å². The molecule has 0 aromatic heterocycles. The molecular formula is C21H34N2O2S2. The maximum Gasteiger partial charge on any atom is 0.337 e. The van der Waals surface area contributed by atoms with E-state index in [-0.39, 0.29) is 21.0 Å². The monoisotopic (exact) mass is 410 g/mol. The Kier molecular flexibility index (Phi) is 7.34. The lowest BCUT2D eigenvalue weighted by molar-refractivity contribution is 0.0600. The highest BCUT2D eigenvalue weighted by atomic mass is 33.1. The van der Waals surface area contributed by atoms with Crippen molar-refractivity contribution >= 4 is 27.6 Å². The fourth-order valence-electron chi connectivity index (χ4n) is 3.18. The van der Waals surface area contributed by atoms with Gasteiger partial charge >= 0.3 is 5.97 Å². The molecule has 1 aromatic rings. The molecule has 2 rings (SSSR count). The average molecular weight is 411 g/mol. The second kappa shape index (κ2) is 8.76. The van der Waals surface area contributed by atoms with Crippen LogP contribution in [0.15, 0.2) is 24.3 Å². The first kappa shape index (κ1) is 22.6. The van der Waals surface area contributed by atoms with Crippen LogP contribution in [-0.2, 0) is 11.3 Å². The zero-order valence-electron chi connectivity index (χ0n) is 17.7. The van der Waals surface area contributed by atoms with Crippen molar-refractivity contribution < 1.29 is 9.53 Å². The fraction of sp³-hybridized carbons (Fsp3) is 0.667. The van der Waals surface area contributed by atoms with Gasteiger partial charge in [0, 0.05) is 41.2 Å². The van der Waals surface area contributed by atoms with Gasteiger partial charge in [0.25, 0.3) is 0 Å². The number of carbonyl (C=O) groups excluding carboxylic acids is 1. The summed E-state index contributed by atoms with van der Waals surface area (Å²) in [5.41, 5.74) is 1.84. The van der Waals surface area contributed by atoms with E-state index >= 15 is 0 Å². The number of hydrogen-bond donors (Lipinski definition) is 1. The van der Waals surface area contributed by atoms with Crippen LogP contribution >= 0.6 is 21.6 Å². The number of nitrogens with one attached hydrogen (secondary N) is 1. The van der Waals surface area contributed by atoms with Crippen LogP contribution in [0.4, 0.5) is 0 Å². The van der Waals surface area contributed by atoms with Gasteiger partial charge in [-0.05, 0) is 59.2 Å². The van der Waals surface area contributed by atoms with Gasteiger partial charge in [0.2, 0.25) is 0 Å². The standard InChI is InChI=1S/C21H34N2O2S2/c1-19(2)14-23(12-16-8-10-17(11-9-16)18(24)25-7)15-21(5,6)27-26-20(3,4)13-22-19/h8-11,22H,12-15H2,1-7H3. The normalized spacial score (nSPS) is 22.8. The molecule has 1 aromatic carbocycles. The van der Waals surface area contributed by atoms with Crippen LogP contribution in [-0.4, -0.2) is 52.6 Å². The number of esters is 1. The Balaban J connectivity index is 2.16. The Labute approximate surface area is 172 Å². The molecule has 6 heteroatoms. The van der Waals surface area contributed by atoms with E-state index in [0.717, 1.165) is 26.2 Å². The Hall–Kier alpha value is -0.690. The molecule has 0 aliphatic carbocycles. The van der Waals surface area contributed by atoms with Gasteiger partial charge in [-0.1, -0.05) is 33.7 Å². The molecular weight excluding hydrogens is 376 g/mol. The number of nitrogens with zero attached hydrogens (tertiary/aromatic N) is 1. The van der Waals surface area contributed by atoms with Crippen molar-refractivity contribution in [1.29, 1.82) is 0 Å². The van der Waals surface area contributed by atoms with Gasteiger partial charge in [0.15, 0.2) is 0 Å². The number of methoxy groups -OCH3 is 1. The van der Waals surface area contributed by atoms with Crippen LogP contribution in [0, 0.1) is 0 Å². The Bertz CT molecular complexity index is 618. The summed E-state index contributed by atoms with van der Waals surface area (Å²) < 4.78 is 5.14. The van der Waals surface area contributed by atoms with E-state index in [1.165, 1.54) is 12.7 Å². The number of hydrogen-bond acceptors (Lipinski definition) is 6. The van der Waals surface area contributed by atoms with E-state index in [4.69, 9.17) is 4.74 Å². The second-order valence-electron chi connectivity index (χ2n) is 9.26. The first-order valence-corrected chi connectivity index (χ1v) is 11.6. The Morgan fingerprint density at radius 1 is 1.04 bits per heavy atom. The molecule has 1 aliphatic heterocycles. The minimum Gasteiger partial charge on any atom is -0.465 e. The molecule has 27 heavy (non-hydrogen) atoms. The van der Waals surface area contributed by atoms with Gasteiger partial charge in [-0.25, -0.2) is 4.79 Å². The Morgan fingerprint density at radius 2 is 1.63 bits per heavy atom. The predicted molar refractivity (Wildman–Crippen MR) is 118 cm³/mol. The van der Waals surface area contributed by atoms with Crippen LogP contribution in [0.1, 0.15) is 57.5 Å². The zero-order valence-corrected chi connectivity index (χ0v) is 19.4. The van der Waals surface area contributed by atoms with Crippen molar-refractivity contribution in [2.24, 2.45) is 0 Å². The molecule has 1 heterocycles. The number of carbonyl (C=O) groups is 1. The molecule has 1 saturated heterocycles. The highest BCUT2D eigenvalue weighted by Gasteiger charge is 2.33. The first-order chi connectivity index (χ1) is 12.4. The largest absolute Gasteiger partial charge is 0.465 e. The van der Waals surface area contributed by atoms with Gasteiger partial charge in [0.05, 0.1) is 12.7 Å². The highest BCUT2D eigenvalue weighted by Crippen LogP contribution is 2.44. The third-order valence-electron chi connectivity index (χ3n) is 4.49. The van der Waals surface area contributed by atoms with Gasteiger partial charge in [-0.15, -0.1) is 0 Å². The van der Waals surface area contributed by atoms with Crippen molar-refractivity contribution in [3.63, 3.8) is 0 Å². The van der Waals surface area contributed by atoms with E-state index in [1.54, 1.807) is 0 Å². The highest BCUT2D eigenvalue weighted by molar-refractivity contribution is 8.77. The van der Waals surface area contributed by atoms with Crippen LogP contribution in [0.2, 0.25) is 0 Å².